The molecule has 240 valence electrons. The molecule has 8 nitrogen and oxygen atoms in total. The first-order chi connectivity index (χ1) is 21.9. The topological polar surface area (TPSA) is 100 Å². The SMILES string of the molecule is C=CCN(C)CC1CC(c2ccc(CO)cc2)OC(c2ccc(-c3ccccc3CNC(=O)CCCCCNC(C)=O)cc2)O1. The van der Waals surface area contributed by atoms with Crippen molar-refractivity contribution in [3.63, 3.8) is 0 Å². The fraction of sp³-hybridized carbons (Fsp3) is 0.405. The predicted molar refractivity (Wildman–Crippen MR) is 177 cm³/mol. The van der Waals surface area contributed by atoms with Crippen molar-refractivity contribution in [3.8, 4) is 11.1 Å². The molecule has 2 amide bonds. The molecule has 0 radical (unpaired) electrons. The van der Waals surface area contributed by atoms with E-state index in [2.05, 4.69) is 59.5 Å². The van der Waals surface area contributed by atoms with Gasteiger partial charge in [-0.05, 0) is 47.7 Å². The van der Waals surface area contributed by atoms with E-state index in [-0.39, 0.29) is 30.6 Å². The molecule has 0 bridgehead atoms. The maximum Gasteiger partial charge on any atom is 0.220 e. The van der Waals surface area contributed by atoms with Gasteiger partial charge in [-0.2, -0.15) is 0 Å². The van der Waals surface area contributed by atoms with Crippen molar-refractivity contribution in [3.05, 3.63) is 108 Å². The number of benzene rings is 3. The minimum absolute atomic E-state index is 0.0104. The minimum atomic E-state index is -0.523. The largest absolute Gasteiger partial charge is 0.392 e. The molecule has 1 aliphatic rings. The lowest BCUT2D eigenvalue weighted by Gasteiger charge is -2.37. The lowest BCUT2D eigenvalue weighted by Crippen LogP contribution is -2.37. The molecule has 3 N–H and O–H groups in total. The van der Waals surface area contributed by atoms with Gasteiger partial charge in [-0.25, -0.2) is 0 Å². The number of ether oxygens (including phenoxy) is 2. The summed E-state index contributed by atoms with van der Waals surface area (Å²) >= 11 is 0. The van der Waals surface area contributed by atoms with Gasteiger partial charge in [0.15, 0.2) is 6.29 Å². The Labute approximate surface area is 267 Å². The van der Waals surface area contributed by atoms with Gasteiger partial charge in [-0.3, -0.25) is 9.59 Å². The number of likely N-dealkylation sites (N-methyl/N-ethyl adjacent to an activating group) is 1. The van der Waals surface area contributed by atoms with Crippen LogP contribution in [0.15, 0.2) is 85.5 Å². The number of nitrogens with zero attached hydrogens (tertiary/aromatic N) is 1. The van der Waals surface area contributed by atoms with Crippen LogP contribution in [0, 0.1) is 0 Å². The third-order valence-electron chi connectivity index (χ3n) is 8.01. The number of hydrogen-bond acceptors (Lipinski definition) is 6. The summed E-state index contributed by atoms with van der Waals surface area (Å²) < 4.78 is 13.0. The second kappa shape index (κ2) is 17.6. The number of aliphatic hydroxyl groups excluding tert-OH is 1. The molecule has 8 heteroatoms. The Balaban J connectivity index is 1.40. The van der Waals surface area contributed by atoms with Crippen molar-refractivity contribution in [2.24, 2.45) is 0 Å². The Bertz CT molecular complexity index is 1380. The van der Waals surface area contributed by atoms with Crippen molar-refractivity contribution in [1.82, 2.24) is 15.5 Å². The normalized spacial score (nSPS) is 18.0. The van der Waals surface area contributed by atoms with Crippen molar-refractivity contribution < 1.29 is 24.2 Å². The van der Waals surface area contributed by atoms with E-state index in [1.165, 1.54) is 6.92 Å². The van der Waals surface area contributed by atoms with E-state index in [1.807, 2.05) is 48.5 Å². The standard InChI is InChI=1S/C37H47N3O5/c1-4-22-40(3)25-33-23-35(30-15-13-28(26-41)14-16-30)45-37(44-33)31-19-17-29(18-20-31)34-11-8-7-10-32(34)24-39-36(43)12-6-5-9-21-38-27(2)42/h4,7-8,10-11,13-20,33,35,37,41H,1,5-6,9,12,21-26H2,2-3H3,(H,38,42)(H,39,43). The molecule has 4 rings (SSSR count). The molecule has 1 aliphatic heterocycles. The van der Waals surface area contributed by atoms with E-state index in [1.54, 1.807) is 0 Å². The Morgan fingerprint density at radius 1 is 0.956 bits per heavy atom. The molecule has 0 aromatic heterocycles. The van der Waals surface area contributed by atoms with Crippen LogP contribution < -0.4 is 10.6 Å². The average molecular weight is 614 g/mol. The van der Waals surface area contributed by atoms with E-state index < -0.39 is 6.29 Å². The van der Waals surface area contributed by atoms with E-state index >= 15 is 0 Å². The summed E-state index contributed by atoms with van der Waals surface area (Å²) in [7, 11) is 2.06. The van der Waals surface area contributed by atoms with Crippen LogP contribution in [0.1, 0.15) is 73.7 Å². The number of aliphatic hydroxyl groups is 1. The summed E-state index contributed by atoms with van der Waals surface area (Å²) in [5.41, 5.74) is 6.04. The van der Waals surface area contributed by atoms with Crippen molar-refractivity contribution >= 4 is 11.8 Å². The van der Waals surface area contributed by atoms with Gasteiger partial charge in [0.1, 0.15) is 0 Å². The highest BCUT2D eigenvalue weighted by molar-refractivity contribution is 5.76. The summed E-state index contributed by atoms with van der Waals surface area (Å²) in [5.74, 6) is 0.00334. The highest BCUT2D eigenvalue weighted by Gasteiger charge is 2.32. The summed E-state index contributed by atoms with van der Waals surface area (Å²) in [6.07, 6.45) is 4.95. The zero-order valence-electron chi connectivity index (χ0n) is 26.5. The molecule has 1 heterocycles. The monoisotopic (exact) mass is 613 g/mol. The molecule has 1 fully saturated rings. The van der Waals surface area contributed by atoms with Crippen LogP contribution in [0.25, 0.3) is 11.1 Å². The third-order valence-corrected chi connectivity index (χ3v) is 8.01. The van der Waals surface area contributed by atoms with E-state index in [0.717, 1.165) is 72.2 Å². The maximum atomic E-state index is 12.5. The van der Waals surface area contributed by atoms with Crippen LogP contribution in [0.4, 0.5) is 0 Å². The molecule has 0 spiro atoms. The Morgan fingerprint density at radius 3 is 2.40 bits per heavy atom. The number of nitrogens with one attached hydrogen (secondary N) is 2. The Morgan fingerprint density at radius 2 is 1.69 bits per heavy atom. The molecular formula is C37H47N3O5. The Hall–Kier alpha value is -3.82. The molecule has 0 aliphatic carbocycles. The van der Waals surface area contributed by atoms with Gasteiger partial charge in [0.05, 0.1) is 18.8 Å². The highest BCUT2D eigenvalue weighted by atomic mass is 16.7. The fourth-order valence-electron chi connectivity index (χ4n) is 5.59. The molecule has 45 heavy (non-hydrogen) atoms. The highest BCUT2D eigenvalue weighted by Crippen LogP contribution is 2.38. The van der Waals surface area contributed by atoms with Crippen LogP contribution >= 0.6 is 0 Å². The molecule has 3 unspecified atom stereocenters. The molecule has 1 saturated heterocycles. The number of hydrogen-bond donors (Lipinski definition) is 3. The summed E-state index contributed by atoms with van der Waals surface area (Å²) in [6, 6.07) is 24.3. The van der Waals surface area contributed by atoms with E-state index in [9.17, 15) is 14.7 Å². The van der Waals surface area contributed by atoms with Crippen LogP contribution in [-0.2, 0) is 32.2 Å². The van der Waals surface area contributed by atoms with Gasteiger partial charge in [-0.15, -0.1) is 6.58 Å². The molecule has 3 atom stereocenters. The summed E-state index contributed by atoms with van der Waals surface area (Å²) in [6.45, 7) is 8.01. The first-order valence-corrected chi connectivity index (χ1v) is 15.9. The van der Waals surface area contributed by atoms with Crippen molar-refractivity contribution in [1.29, 1.82) is 0 Å². The summed E-state index contributed by atoms with van der Waals surface area (Å²) in [4.78, 5) is 25.6. The van der Waals surface area contributed by atoms with Crippen molar-refractivity contribution in [2.75, 3.05) is 26.7 Å². The molecular weight excluding hydrogens is 566 g/mol. The first-order valence-electron chi connectivity index (χ1n) is 15.9. The number of carbonyl (C=O) groups is 2. The zero-order chi connectivity index (χ0) is 32.0. The quantitative estimate of drug-likeness (QED) is 0.139. The van der Waals surface area contributed by atoms with Crippen LogP contribution in [-0.4, -0.2) is 54.6 Å². The molecule has 3 aromatic carbocycles. The minimum Gasteiger partial charge on any atom is -0.392 e. The van der Waals surface area contributed by atoms with Crippen LogP contribution in [0.3, 0.4) is 0 Å². The smallest absolute Gasteiger partial charge is 0.220 e. The van der Waals surface area contributed by atoms with Crippen LogP contribution in [0.2, 0.25) is 0 Å². The summed E-state index contributed by atoms with van der Waals surface area (Å²) in [5, 5.41) is 15.3. The molecule has 3 aromatic rings. The van der Waals surface area contributed by atoms with E-state index in [0.29, 0.717) is 19.5 Å². The second-order valence-electron chi connectivity index (χ2n) is 11.7. The number of rotatable bonds is 16. The van der Waals surface area contributed by atoms with Crippen molar-refractivity contribution in [2.45, 2.75) is 70.7 Å². The van der Waals surface area contributed by atoms with Gasteiger partial charge in [0.25, 0.3) is 0 Å². The van der Waals surface area contributed by atoms with Gasteiger partial charge in [0, 0.05) is 51.5 Å². The second-order valence-corrected chi connectivity index (χ2v) is 11.7. The van der Waals surface area contributed by atoms with Crippen LogP contribution in [0.5, 0.6) is 0 Å². The van der Waals surface area contributed by atoms with Gasteiger partial charge in [-0.1, -0.05) is 85.3 Å². The lowest BCUT2D eigenvalue weighted by molar-refractivity contribution is -0.252. The van der Waals surface area contributed by atoms with E-state index in [4.69, 9.17) is 9.47 Å². The maximum absolute atomic E-state index is 12.5. The third kappa shape index (κ3) is 10.6. The predicted octanol–water partition coefficient (Wildman–Crippen LogP) is 5.82. The average Bonchev–Trinajstić information content (AvgIpc) is 3.05. The number of amides is 2. The number of unbranched alkanes of at least 4 members (excludes halogenated alkanes) is 2. The first kappa shape index (κ1) is 34.1. The van der Waals surface area contributed by atoms with Gasteiger partial charge >= 0.3 is 0 Å². The zero-order valence-corrected chi connectivity index (χ0v) is 26.5. The van der Waals surface area contributed by atoms with Gasteiger partial charge in [0.2, 0.25) is 11.8 Å². The fourth-order valence-corrected chi connectivity index (χ4v) is 5.59. The molecule has 0 saturated carbocycles. The Kier molecular flexibility index (Phi) is 13.3. The van der Waals surface area contributed by atoms with Gasteiger partial charge < -0.3 is 30.1 Å². The lowest BCUT2D eigenvalue weighted by atomic mass is 9.97. The number of carbonyl (C=O) groups excluding carboxylic acids is 2.